The van der Waals surface area contributed by atoms with Crippen molar-refractivity contribution in [1.82, 2.24) is 29.9 Å². The molecule has 2 aliphatic rings. The molecular weight excluding hydrogens is 340 g/mol. The summed E-state index contributed by atoms with van der Waals surface area (Å²) in [4.78, 5) is 15.1. The number of fused-ring (bicyclic) bond motifs is 2. The van der Waals surface area contributed by atoms with Gasteiger partial charge in [0.15, 0.2) is 5.69 Å². The second kappa shape index (κ2) is 6.79. The largest absolute Gasteiger partial charge is 0.337 e. The van der Waals surface area contributed by atoms with Gasteiger partial charge in [0.2, 0.25) is 0 Å². The fourth-order valence-corrected chi connectivity index (χ4v) is 4.46. The maximum absolute atomic E-state index is 13.1. The van der Waals surface area contributed by atoms with Crippen LogP contribution in [0.3, 0.4) is 0 Å². The molecule has 3 aromatic rings. The van der Waals surface area contributed by atoms with Crippen molar-refractivity contribution in [3.63, 3.8) is 0 Å². The van der Waals surface area contributed by atoms with Gasteiger partial charge in [0.25, 0.3) is 5.91 Å². The van der Waals surface area contributed by atoms with Crippen LogP contribution in [0.1, 0.15) is 60.2 Å². The Morgan fingerprint density at radius 1 is 1.07 bits per heavy atom. The molecular formula is C20H24N6O. The third-order valence-corrected chi connectivity index (χ3v) is 5.88. The molecule has 1 amide bonds. The van der Waals surface area contributed by atoms with E-state index in [9.17, 15) is 4.79 Å². The molecule has 4 heterocycles. The quantitative estimate of drug-likeness (QED) is 0.758. The number of rotatable bonds is 2. The van der Waals surface area contributed by atoms with E-state index in [1.54, 1.807) is 0 Å². The Morgan fingerprint density at radius 2 is 2.00 bits per heavy atom. The number of carbonyl (C=O) groups excluding carboxylic acids is 1. The van der Waals surface area contributed by atoms with E-state index < -0.39 is 0 Å². The molecule has 1 saturated heterocycles. The van der Waals surface area contributed by atoms with E-state index in [0.717, 1.165) is 54.9 Å². The summed E-state index contributed by atoms with van der Waals surface area (Å²) in [5.41, 5.74) is 1.42. The van der Waals surface area contributed by atoms with E-state index >= 15 is 0 Å². The van der Waals surface area contributed by atoms with E-state index in [0.29, 0.717) is 12.2 Å². The minimum Gasteiger partial charge on any atom is -0.337 e. The van der Waals surface area contributed by atoms with E-state index in [1.165, 1.54) is 19.3 Å². The van der Waals surface area contributed by atoms with Gasteiger partial charge in [0.05, 0.1) is 5.52 Å². The smallest absolute Gasteiger partial charge is 0.275 e. The van der Waals surface area contributed by atoms with Gasteiger partial charge in [-0.15, -0.1) is 10.2 Å². The molecule has 5 rings (SSSR count). The zero-order valence-electron chi connectivity index (χ0n) is 15.4. The lowest BCUT2D eigenvalue weighted by molar-refractivity contribution is 0.0699. The van der Waals surface area contributed by atoms with E-state index in [-0.39, 0.29) is 11.8 Å². The fraction of sp³-hybridized carbons (Fsp3) is 0.500. The number of nitrogens with one attached hydrogen (secondary N) is 1. The summed E-state index contributed by atoms with van der Waals surface area (Å²) < 4.78 is 2.32. The van der Waals surface area contributed by atoms with Crippen molar-refractivity contribution in [3.8, 4) is 0 Å². The molecule has 1 fully saturated rings. The number of benzene rings is 1. The van der Waals surface area contributed by atoms with Crippen LogP contribution in [-0.4, -0.2) is 48.9 Å². The number of aromatic nitrogens is 5. The van der Waals surface area contributed by atoms with Crippen LogP contribution in [-0.2, 0) is 13.0 Å². The number of nitrogens with zero attached hydrogens (tertiary/aromatic N) is 5. The van der Waals surface area contributed by atoms with Gasteiger partial charge in [-0.05, 0) is 31.7 Å². The fourth-order valence-electron chi connectivity index (χ4n) is 4.46. The highest BCUT2D eigenvalue weighted by Crippen LogP contribution is 2.29. The Labute approximate surface area is 157 Å². The number of carbonyl (C=O) groups is 1. The number of aromatic amines is 1. The Morgan fingerprint density at radius 3 is 2.96 bits per heavy atom. The molecule has 7 nitrogen and oxygen atoms in total. The minimum atomic E-state index is 0.00718. The molecule has 7 heteroatoms. The predicted octanol–water partition coefficient (Wildman–Crippen LogP) is 2.90. The highest BCUT2D eigenvalue weighted by atomic mass is 16.2. The Balaban J connectivity index is 1.40. The second-order valence-electron chi connectivity index (χ2n) is 7.64. The molecule has 2 aliphatic heterocycles. The summed E-state index contributed by atoms with van der Waals surface area (Å²) in [7, 11) is 0. The minimum absolute atomic E-state index is 0.00718. The number of hydrogen-bond acceptors (Lipinski definition) is 4. The number of aryl methyl sites for hydroxylation is 1. The molecule has 0 bridgehead atoms. The van der Waals surface area contributed by atoms with Crippen molar-refractivity contribution in [1.29, 1.82) is 0 Å². The molecule has 0 unspecified atom stereocenters. The van der Waals surface area contributed by atoms with Crippen molar-refractivity contribution in [2.24, 2.45) is 0 Å². The Kier molecular flexibility index (Phi) is 4.14. The maximum Gasteiger partial charge on any atom is 0.275 e. The predicted molar refractivity (Wildman–Crippen MR) is 102 cm³/mol. The molecule has 1 atom stereocenters. The third kappa shape index (κ3) is 2.91. The van der Waals surface area contributed by atoms with E-state index in [4.69, 9.17) is 0 Å². The summed E-state index contributed by atoms with van der Waals surface area (Å²) in [5.74, 6) is 2.44. The average Bonchev–Trinajstić information content (AvgIpc) is 3.25. The highest BCUT2D eigenvalue weighted by Gasteiger charge is 2.31. The van der Waals surface area contributed by atoms with Gasteiger partial charge in [0.1, 0.15) is 11.6 Å². The zero-order valence-corrected chi connectivity index (χ0v) is 15.4. The molecule has 2 aromatic heterocycles. The van der Waals surface area contributed by atoms with Gasteiger partial charge in [0, 0.05) is 37.4 Å². The number of likely N-dealkylation sites (tertiary alicyclic amines) is 1. The lowest BCUT2D eigenvalue weighted by Crippen LogP contribution is -2.40. The maximum atomic E-state index is 13.1. The Bertz CT molecular complexity index is 974. The molecule has 0 aliphatic carbocycles. The summed E-state index contributed by atoms with van der Waals surface area (Å²) in [6, 6.07) is 7.79. The van der Waals surface area contributed by atoms with Crippen LogP contribution < -0.4 is 0 Å². The third-order valence-electron chi connectivity index (χ3n) is 5.88. The highest BCUT2D eigenvalue weighted by molar-refractivity contribution is 6.04. The molecule has 1 N–H and O–H groups in total. The normalized spacial score (nSPS) is 20.4. The number of hydrogen-bond donors (Lipinski definition) is 1. The standard InChI is InChI=1S/C20H24N6O/c27-20(18-15-8-3-4-9-16(15)21-23-18)25-11-6-7-14(13-25)19-24-22-17-10-2-1-5-12-26(17)19/h3-4,8-9,14H,1-2,5-7,10-13H2,(H,21,23)/t14-/m1/s1. The molecule has 140 valence electrons. The summed E-state index contributed by atoms with van der Waals surface area (Å²) >= 11 is 0. The zero-order chi connectivity index (χ0) is 18.2. The van der Waals surface area contributed by atoms with Crippen LogP contribution in [0.15, 0.2) is 24.3 Å². The van der Waals surface area contributed by atoms with Gasteiger partial charge >= 0.3 is 0 Å². The molecule has 27 heavy (non-hydrogen) atoms. The van der Waals surface area contributed by atoms with E-state index in [2.05, 4.69) is 25.0 Å². The van der Waals surface area contributed by atoms with Crippen molar-refractivity contribution < 1.29 is 4.79 Å². The summed E-state index contributed by atoms with van der Waals surface area (Å²) in [5, 5.41) is 17.1. The number of amides is 1. The molecule has 0 spiro atoms. The van der Waals surface area contributed by atoms with Gasteiger partial charge < -0.3 is 9.47 Å². The monoisotopic (exact) mass is 364 g/mol. The van der Waals surface area contributed by atoms with Crippen LogP contribution in [0.5, 0.6) is 0 Å². The van der Waals surface area contributed by atoms with Gasteiger partial charge in [-0.25, -0.2) is 0 Å². The summed E-state index contributed by atoms with van der Waals surface area (Å²) in [6.07, 6.45) is 6.70. The number of para-hydroxylation sites is 1. The number of H-pyrrole nitrogens is 1. The Hall–Kier alpha value is -2.70. The van der Waals surface area contributed by atoms with Crippen LogP contribution in [0.4, 0.5) is 0 Å². The topological polar surface area (TPSA) is 79.7 Å². The van der Waals surface area contributed by atoms with Gasteiger partial charge in [-0.3, -0.25) is 9.89 Å². The van der Waals surface area contributed by atoms with E-state index in [1.807, 2.05) is 29.2 Å². The SMILES string of the molecule is O=C(c1n[nH]c2ccccc12)N1CCC[C@@H](c2nnc3n2CCCCC3)C1. The number of piperidine rings is 1. The second-order valence-corrected chi connectivity index (χ2v) is 7.64. The molecule has 1 aromatic carbocycles. The van der Waals surface area contributed by atoms with Crippen molar-refractivity contribution >= 4 is 16.8 Å². The van der Waals surface area contributed by atoms with Crippen molar-refractivity contribution in [2.75, 3.05) is 13.1 Å². The van der Waals surface area contributed by atoms with Crippen LogP contribution >= 0.6 is 0 Å². The molecule has 0 saturated carbocycles. The first kappa shape index (κ1) is 16.5. The van der Waals surface area contributed by atoms with Gasteiger partial charge in [-0.2, -0.15) is 5.10 Å². The van der Waals surface area contributed by atoms with Crippen LogP contribution in [0.2, 0.25) is 0 Å². The van der Waals surface area contributed by atoms with Crippen LogP contribution in [0.25, 0.3) is 10.9 Å². The summed E-state index contributed by atoms with van der Waals surface area (Å²) in [6.45, 7) is 2.47. The first-order valence-corrected chi connectivity index (χ1v) is 9.95. The average molecular weight is 364 g/mol. The van der Waals surface area contributed by atoms with Crippen molar-refractivity contribution in [2.45, 2.75) is 51.0 Å². The van der Waals surface area contributed by atoms with Crippen LogP contribution in [0, 0.1) is 0 Å². The first-order chi connectivity index (χ1) is 13.3. The van der Waals surface area contributed by atoms with Gasteiger partial charge in [-0.1, -0.05) is 24.6 Å². The lowest BCUT2D eigenvalue weighted by Gasteiger charge is -2.32. The van der Waals surface area contributed by atoms with Crippen molar-refractivity contribution in [3.05, 3.63) is 41.6 Å². The lowest BCUT2D eigenvalue weighted by atomic mass is 9.96. The molecule has 0 radical (unpaired) electrons. The first-order valence-electron chi connectivity index (χ1n) is 9.95.